The maximum absolute atomic E-state index is 11.8. The maximum atomic E-state index is 11.8. The van der Waals surface area contributed by atoms with Gasteiger partial charge in [-0.2, -0.15) is 10.1 Å². The second-order valence-corrected chi connectivity index (χ2v) is 8.52. The number of anilines is 2. The Balaban J connectivity index is 1.84. The van der Waals surface area contributed by atoms with Crippen LogP contribution in [0.5, 0.6) is 0 Å². The fourth-order valence-corrected chi connectivity index (χ4v) is 4.16. The highest BCUT2D eigenvalue weighted by Gasteiger charge is 2.25. The lowest BCUT2D eigenvalue weighted by Gasteiger charge is -2.21. The predicted octanol–water partition coefficient (Wildman–Crippen LogP) is 5.05. The predicted molar refractivity (Wildman–Crippen MR) is 144 cm³/mol. The van der Waals surface area contributed by atoms with Crippen LogP contribution >= 0.6 is 0 Å². The molecule has 0 saturated heterocycles. The third-order valence-electron chi connectivity index (χ3n) is 5.86. The normalized spacial score (nSPS) is 14.2. The van der Waals surface area contributed by atoms with Gasteiger partial charge in [0.1, 0.15) is 5.71 Å². The minimum atomic E-state index is -0.156. The summed E-state index contributed by atoms with van der Waals surface area (Å²) in [6.45, 7) is 13.6. The summed E-state index contributed by atoms with van der Waals surface area (Å²) >= 11 is 0. The molecule has 3 aromatic rings. The lowest BCUT2D eigenvalue weighted by atomic mass is 10.1. The molecule has 0 aliphatic carbocycles. The number of carbonyl (C=O) groups excluding carboxylic acids is 1. The van der Waals surface area contributed by atoms with Crippen molar-refractivity contribution in [1.82, 2.24) is 9.78 Å². The number of carbonyl (C=O) groups is 1. The third-order valence-corrected chi connectivity index (χ3v) is 5.86. The van der Waals surface area contributed by atoms with Gasteiger partial charge >= 0.3 is 0 Å². The van der Waals surface area contributed by atoms with E-state index in [1.165, 1.54) is 12.6 Å². The van der Waals surface area contributed by atoms with Crippen molar-refractivity contribution in [3.05, 3.63) is 71.0 Å². The Labute approximate surface area is 206 Å². The summed E-state index contributed by atoms with van der Waals surface area (Å²) in [5.41, 5.74) is 6.84. The lowest BCUT2D eigenvalue weighted by Crippen LogP contribution is -2.21. The Kier molecular flexibility index (Phi) is 6.91. The van der Waals surface area contributed by atoms with Crippen LogP contribution < -0.4 is 10.2 Å². The van der Waals surface area contributed by atoms with E-state index in [4.69, 9.17) is 15.0 Å². The minimum Gasteiger partial charge on any atom is -0.372 e. The molecule has 8 heteroatoms. The average Bonchev–Trinajstić information content (AvgIpc) is 3.38. The SMILES string of the molecule is CCN(CC)c1ccc(N=C2N=C(n3nc(C)cc3C)N=C2c2ccccc2NC(C)=O)c(C)c1. The van der Waals surface area contributed by atoms with Crippen LogP contribution in [0.2, 0.25) is 0 Å². The van der Waals surface area contributed by atoms with Gasteiger partial charge < -0.3 is 10.2 Å². The largest absolute Gasteiger partial charge is 0.372 e. The van der Waals surface area contributed by atoms with Gasteiger partial charge in [0.25, 0.3) is 5.96 Å². The molecule has 0 atom stereocenters. The highest BCUT2D eigenvalue weighted by molar-refractivity contribution is 6.54. The number of rotatable bonds is 6. The lowest BCUT2D eigenvalue weighted by molar-refractivity contribution is -0.114. The number of para-hydroxylation sites is 1. The van der Waals surface area contributed by atoms with E-state index in [0.29, 0.717) is 23.2 Å². The number of aliphatic imine (C=N–C) groups is 3. The Morgan fingerprint density at radius 1 is 1.03 bits per heavy atom. The molecule has 4 rings (SSSR count). The number of hydrogen-bond donors (Lipinski definition) is 1. The van der Waals surface area contributed by atoms with Crippen LogP contribution in [0.1, 0.15) is 43.3 Å². The molecule has 0 radical (unpaired) electrons. The Morgan fingerprint density at radius 3 is 2.40 bits per heavy atom. The number of aromatic nitrogens is 2. The summed E-state index contributed by atoms with van der Waals surface area (Å²) in [6.07, 6.45) is 0. The molecule has 1 aromatic heterocycles. The van der Waals surface area contributed by atoms with E-state index in [1.54, 1.807) is 4.68 Å². The number of amidine groups is 1. The summed E-state index contributed by atoms with van der Waals surface area (Å²) in [4.78, 5) is 28.7. The van der Waals surface area contributed by atoms with Gasteiger partial charge in [-0.15, -0.1) is 0 Å². The molecular formula is C27H31N7O. The zero-order valence-electron chi connectivity index (χ0n) is 21.1. The first-order valence-corrected chi connectivity index (χ1v) is 11.8. The molecule has 180 valence electrons. The third kappa shape index (κ3) is 5.06. The topological polar surface area (TPSA) is 87.2 Å². The van der Waals surface area contributed by atoms with Gasteiger partial charge in [0.05, 0.1) is 17.1 Å². The Hall–Kier alpha value is -4.07. The zero-order chi connectivity index (χ0) is 25.1. The first kappa shape index (κ1) is 24.1. The van der Waals surface area contributed by atoms with E-state index in [-0.39, 0.29) is 5.91 Å². The van der Waals surface area contributed by atoms with Gasteiger partial charge in [-0.3, -0.25) is 4.79 Å². The van der Waals surface area contributed by atoms with Crippen LogP contribution in [-0.4, -0.2) is 46.3 Å². The minimum absolute atomic E-state index is 0.156. The van der Waals surface area contributed by atoms with E-state index in [1.807, 2.05) is 50.2 Å². The average molecular weight is 470 g/mol. The van der Waals surface area contributed by atoms with Crippen molar-refractivity contribution in [2.24, 2.45) is 15.0 Å². The van der Waals surface area contributed by atoms with E-state index in [9.17, 15) is 4.79 Å². The molecule has 1 amide bonds. The smallest absolute Gasteiger partial charge is 0.253 e. The summed E-state index contributed by atoms with van der Waals surface area (Å²) in [5.74, 6) is 0.764. The number of aryl methyl sites for hydroxylation is 3. The molecule has 0 unspecified atom stereocenters. The van der Waals surface area contributed by atoms with Crippen LogP contribution in [-0.2, 0) is 4.79 Å². The molecule has 8 nitrogen and oxygen atoms in total. The van der Waals surface area contributed by atoms with Gasteiger partial charge in [-0.1, -0.05) is 18.2 Å². The molecule has 1 aliphatic rings. The fourth-order valence-electron chi connectivity index (χ4n) is 4.16. The van der Waals surface area contributed by atoms with E-state index in [0.717, 1.165) is 41.3 Å². The van der Waals surface area contributed by atoms with Crippen molar-refractivity contribution in [2.75, 3.05) is 23.3 Å². The summed E-state index contributed by atoms with van der Waals surface area (Å²) in [5, 5.41) is 7.44. The van der Waals surface area contributed by atoms with E-state index in [2.05, 4.69) is 48.2 Å². The molecule has 0 bridgehead atoms. The van der Waals surface area contributed by atoms with Crippen LogP contribution in [0.3, 0.4) is 0 Å². The second-order valence-electron chi connectivity index (χ2n) is 8.52. The molecule has 2 heterocycles. The quantitative estimate of drug-likeness (QED) is 0.548. The van der Waals surface area contributed by atoms with Gasteiger partial charge in [-0.05, 0) is 70.5 Å². The second kappa shape index (κ2) is 10.0. The van der Waals surface area contributed by atoms with E-state index < -0.39 is 0 Å². The zero-order valence-corrected chi connectivity index (χ0v) is 21.1. The molecule has 1 N–H and O–H groups in total. The van der Waals surface area contributed by atoms with Gasteiger partial charge in [0.15, 0.2) is 5.84 Å². The number of benzene rings is 2. The highest BCUT2D eigenvalue weighted by atomic mass is 16.1. The highest BCUT2D eigenvalue weighted by Crippen LogP contribution is 2.27. The standard InChI is InChI=1S/C27H31N7O/c1-7-33(8-2)21-13-14-23(17(3)15-21)29-26-25(22-11-9-10-12-24(22)28-20(6)35)30-27(31-26)34-19(5)16-18(4)32-34/h9-16H,7-8H2,1-6H3,(H,28,35). The Morgan fingerprint density at radius 2 is 1.77 bits per heavy atom. The van der Waals surface area contributed by atoms with Crippen molar-refractivity contribution in [1.29, 1.82) is 0 Å². The van der Waals surface area contributed by atoms with Gasteiger partial charge in [-0.25, -0.2) is 14.7 Å². The first-order valence-electron chi connectivity index (χ1n) is 11.8. The molecule has 0 saturated carbocycles. The van der Waals surface area contributed by atoms with Crippen LogP contribution in [0, 0.1) is 20.8 Å². The molecular weight excluding hydrogens is 438 g/mol. The molecule has 2 aromatic carbocycles. The van der Waals surface area contributed by atoms with Gasteiger partial charge in [0, 0.05) is 37.0 Å². The monoisotopic (exact) mass is 469 g/mol. The number of nitrogens with zero attached hydrogens (tertiary/aromatic N) is 6. The maximum Gasteiger partial charge on any atom is 0.253 e. The number of hydrogen-bond acceptors (Lipinski definition) is 5. The summed E-state index contributed by atoms with van der Waals surface area (Å²) in [6, 6.07) is 15.8. The van der Waals surface area contributed by atoms with Crippen molar-refractivity contribution < 1.29 is 4.79 Å². The van der Waals surface area contributed by atoms with Gasteiger partial charge in [0.2, 0.25) is 5.91 Å². The van der Waals surface area contributed by atoms with E-state index >= 15 is 0 Å². The van der Waals surface area contributed by atoms with Crippen LogP contribution in [0.15, 0.2) is 63.5 Å². The van der Waals surface area contributed by atoms with Crippen molar-refractivity contribution >= 4 is 40.5 Å². The summed E-state index contributed by atoms with van der Waals surface area (Å²) < 4.78 is 1.72. The molecule has 35 heavy (non-hydrogen) atoms. The fraction of sp³-hybridized carbons (Fsp3) is 0.296. The molecule has 0 fully saturated rings. The van der Waals surface area contributed by atoms with Crippen molar-refractivity contribution in [3.8, 4) is 0 Å². The molecule has 0 spiro atoms. The van der Waals surface area contributed by atoms with Crippen molar-refractivity contribution in [3.63, 3.8) is 0 Å². The first-order chi connectivity index (χ1) is 16.8. The number of nitrogens with one attached hydrogen (secondary N) is 1. The van der Waals surface area contributed by atoms with Crippen LogP contribution in [0.25, 0.3) is 0 Å². The Bertz CT molecular complexity index is 1360. The van der Waals surface area contributed by atoms with Crippen molar-refractivity contribution in [2.45, 2.75) is 41.5 Å². The molecule has 1 aliphatic heterocycles. The summed E-state index contributed by atoms with van der Waals surface area (Å²) in [7, 11) is 0. The van der Waals surface area contributed by atoms with Crippen LogP contribution in [0.4, 0.5) is 17.1 Å². The number of amides is 1.